The number of hydrogen-bond acceptors (Lipinski definition) is 2. The molecule has 1 aromatic carbocycles. The predicted molar refractivity (Wildman–Crippen MR) is 61.9 cm³/mol. The Kier molecular flexibility index (Phi) is 2.32. The molecule has 0 unspecified atom stereocenters. The fourth-order valence-electron chi connectivity index (χ4n) is 1.88. The van der Waals surface area contributed by atoms with Crippen molar-refractivity contribution in [1.29, 1.82) is 0 Å². The summed E-state index contributed by atoms with van der Waals surface area (Å²) in [5, 5.41) is 1.05. The van der Waals surface area contributed by atoms with E-state index in [9.17, 15) is 4.79 Å². The smallest absolute Gasteiger partial charge is 0.252 e. The molecule has 2 aromatic rings. The van der Waals surface area contributed by atoms with Crippen molar-refractivity contribution >= 4 is 10.9 Å². The Bertz CT molecular complexity index is 570. The van der Waals surface area contributed by atoms with Gasteiger partial charge in [0.15, 0.2) is 0 Å². The highest BCUT2D eigenvalue weighted by Crippen LogP contribution is 2.17. The molecule has 0 spiro atoms. The molecule has 1 heterocycles. The van der Waals surface area contributed by atoms with Crippen molar-refractivity contribution in [3.63, 3.8) is 0 Å². The predicted octanol–water partition coefficient (Wildman–Crippen LogP) is 1.60. The molecule has 0 bridgehead atoms. The van der Waals surface area contributed by atoms with E-state index in [1.165, 1.54) is 5.56 Å². The monoisotopic (exact) mass is 202 g/mol. The van der Waals surface area contributed by atoms with Crippen LogP contribution in [0.2, 0.25) is 0 Å². The Hall–Kier alpha value is -1.61. The molecule has 0 aliphatic rings. The second kappa shape index (κ2) is 3.51. The lowest BCUT2D eigenvalue weighted by molar-refractivity contribution is 1.03. The van der Waals surface area contributed by atoms with Gasteiger partial charge in [0, 0.05) is 12.1 Å². The van der Waals surface area contributed by atoms with E-state index in [1.807, 2.05) is 19.9 Å². The zero-order valence-corrected chi connectivity index (χ0v) is 8.92. The quantitative estimate of drug-likeness (QED) is 0.738. The summed E-state index contributed by atoms with van der Waals surface area (Å²) < 4.78 is 0. The van der Waals surface area contributed by atoms with Crippen molar-refractivity contribution in [1.82, 2.24) is 4.98 Å². The van der Waals surface area contributed by atoms with Crippen LogP contribution in [0, 0.1) is 13.8 Å². The Morgan fingerprint density at radius 3 is 2.67 bits per heavy atom. The van der Waals surface area contributed by atoms with Gasteiger partial charge in [-0.2, -0.15) is 0 Å². The summed E-state index contributed by atoms with van der Waals surface area (Å²) in [6.45, 7) is 4.31. The molecular weight excluding hydrogens is 188 g/mol. The molecule has 1 aromatic heterocycles. The number of pyridine rings is 1. The van der Waals surface area contributed by atoms with E-state index in [4.69, 9.17) is 5.73 Å². The molecule has 78 valence electrons. The summed E-state index contributed by atoms with van der Waals surface area (Å²) >= 11 is 0. The van der Waals surface area contributed by atoms with Crippen molar-refractivity contribution in [2.24, 2.45) is 5.73 Å². The van der Waals surface area contributed by atoms with Gasteiger partial charge in [-0.25, -0.2) is 0 Å². The lowest BCUT2D eigenvalue weighted by atomic mass is 10.1. The minimum absolute atomic E-state index is 0.0862. The molecule has 0 radical (unpaired) electrons. The first kappa shape index (κ1) is 9.93. The molecule has 3 nitrogen and oxygen atoms in total. The minimum Gasteiger partial charge on any atom is -0.326 e. The number of hydrogen-bond donors (Lipinski definition) is 2. The topological polar surface area (TPSA) is 58.9 Å². The molecule has 0 atom stereocenters. The first-order valence-corrected chi connectivity index (χ1v) is 4.95. The summed E-state index contributed by atoms with van der Waals surface area (Å²) in [5.41, 5.74) is 9.23. The molecular formula is C12H14N2O. The summed E-state index contributed by atoms with van der Waals surface area (Å²) in [4.78, 5) is 14.4. The lowest BCUT2D eigenvalue weighted by Crippen LogP contribution is -2.15. The Morgan fingerprint density at radius 2 is 2.00 bits per heavy atom. The van der Waals surface area contributed by atoms with Gasteiger partial charge in [-0.1, -0.05) is 11.6 Å². The minimum atomic E-state index is -0.0862. The van der Waals surface area contributed by atoms with Crippen LogP contribution in [-0.2, 0) is 6.54 Å². The van der Waals surface area contributed by atoms with Crippen LogP contribution < -0.4 is 11.3 Å². The van der Waals surface area contributed by atoms with Crippen LogP contribution in [0.3, 0.4) is 0 Å². The summed E-state index contributed by atoms with van der Waals surface area (Å²) in [6, 6.07) is 5.98. The number of benzene rings is 1. The van der Waals surface area contributed by atoms with E-state index in [2.05, 4.69) is 17.1 Å². The molecule has 0 amide bonds. The van der Waals surface area contributed by atoms with Crippen LogP contribution in [0.25, 0.3) is 10.9 Å². The van der Waals surface area contributed by atoms with E-state index in [1.54, 1.807) is 0 Å². The number of rotatable bonds is 1. The highest BCUT2D eigenvalue weighted by molar-refractivity contribution is 5.82. The molecule has 0 aliphatic heterocycles. The third-order valence-corrected chi connectivity index (χ3v) is 2.59. The molecule has 3 heteroatoms. The third-order valence-electron chi connectivity index (χ3n) is 2.59. The second-order valence-corrected chi connectivity index (χ2v) is 3.87. The van der Waals surface area contributed by atoms with Crippen molar-refractivity contribution in [2.45, 2.75) is 20.4 Å². The standard InChI is InChI=1S/C12H14N2O/c1-7-3-8(2)11-9(4-7)5-10(6-13)12(15)14-11/h3-5H,6,13H2,1-2H3,(H,14,15). The van der Waals surface area contributed by atoms with Gasteiger partial charge in [-0.05, 0) is 36.9 Å². The number of aromatic nitrogens is 1. The summed E-state index contributed by atoms with van der Waals surface area (Å²) in [5.74, 6) is 0. The Morgan fingerprint density at radius 1 is 1.27 bits per heavy atom. The zero-order chi connectivity index (χ0) is 11.0. The second-order valence-electron chi connectivity index (χ2n) is 3.87. The van der Waals surface area contributed by atoms with Crippen molar-refractivity contribution in [3.8, 4) is 0 Å². The van der Waals surface area contributed by atoms with Crippen molar-refractivity contribution < 1.29 is 0 Å². The molecule has 0 aliphatic carbocycles. The third kappa shape index (κ3) is 1.66. The zero-order valence-electron chi connectivity index (χ0n) is 8.92. The highest BCUT2D eigenvalue weighted by atomic mass is 16.1. The van der Waals surface area contributed by atoms with Crippen LogP contribution in [0.5, 0.6) is 0 Å². The van der Waals surface area contributed by atoms with E-state index in [0.717, 1.165) is 16.5 Å². The SMILES string of the molecule is Cc1cc(C)c2[nH]c(=O)c(CN)cc2c1. The molecule has 0 saturated carbocycles. The molecule has 0 saturated heterocycles. The van der Waals surface area contributed by atoms with Gasteiger partial charge >= 0.3 is 0 Å². The fourth-order valence-corrected chi connectivity index (χ4v) is 1.88. The van der Waals surface area contributed by atoms with Crippen LogP contribution in [-0.4, -0.2) is 4.98 Å². The van der Waals surface area contributed by atoms with Crippen LogP contribution in [0.15, 0.2) is 23.0 Å². The van der Waals surface area contributed by atoms with Gasteiger partial charge in [0.05, 0.1) is 5.52 Å². The lowest BCUT2D eigenvalue weighted by Gasteiger charge is -2.05. The number of nitrogens with two attached hydrogens (primary N) is 1. The van der Waals surface area contributed by atoms with Gasteiger partial charge in [0.25, 0.3) is 5.56 Å². The van der Waals surface area contributed by atoms with Crippen molar-refractivity contribution in [3.05, 3.63) is 45.2 Å². The van der Waals surface area contributed by atoms with Gasteiger partial charge in [-0.15, -0.1) is 0 Å². The highest BCUT2D eigenvalue weighted by Gasteiger charge is 2.03. The normalized spacial score (nSPS) is 10.9. The largest absolute Gasteiger partial charge is 0.326 e. The summed E-state index contributed by atoms with van der Waals surface area (Å²) in [7, 11) is 0. The van der Waals surface area contributed by atoms with Crippen LogP contribution in [0.4, 0.5) is 0 Å². The molecule has 0 fully saturated rings. The Labute approximate surface area is 87.9 Å². The molecule has 2 rings (SSSR count). The first-order chi connectivity index (χ1) is 7.11. The van der Waals surface area contributed by atoms with E-state index < -0.39 is 0 Å². The molecule has 3 N–H and O–H groups in total. The maximum Gasteiger partial charge on any atom is 0.252 e. The van der Waals surface area contributed by atoms with E-state index in [-0.39, 0.29) is 12.1 Å². The first-order valence-electron chi connectivity index (χ1n) is 4.95. The Balaban J connectivity index is 2.87. The van der Waals surface area contributed by atoms with Crippen LogP contribution >= 0.6 is 0 Å². The van der Waals surface area contributed by atoms with E-state index in [0.29, 0.717) is 5.56 Å². The number of H-pyrrole nitrogens is 1. The molecule has 15 heavy (non-hydrogen) atoms. The average molecular weight is 202 g/mol. The number of fused-ring (bicyclic) bond motifs is 1. The van der Waals surface area contributed by atoms with Crippen LogP contribution in [0.1, 0.15) is 16.7 Å². The van der Waals surface area contributed by atoms with Gasteiger partial charge in [0.1, 0.15) is 0 Å². The summed E-state index contributed by atoms with van der Waals surface area (Å²) in [6.07, 6.45) is 0. The van der Waals surface area contributed by atoms with Crippen molar-refractivity contribution in [2.75, 3.05) is 0 Å². The number of aryl methyl sites for hydroxylation is 2. The van der Waals surface area contributed by atoms with E-state index >= 15 is 0 Å². The number of nitrogens with one attached hydrogen (secondary N) is 1. The number of aromatic amines is 1. The maximum absolute atomic E-state index is 11.6. The maximum atomic E-state index is 11.6. The van der Waals surface area contributed by atoms with Gasteiger partial charge < -0.3 is 10.7 Å². The average Bonchev–Trinajstić information content (AvgIpc) is 2.18. The fraction of sp³-hybridized carbons (Fsp3) is 0.250. The van der Waals surface area contributed by atoms with Gasteiger partial charge in [0.2, 0.25) is 0 Å². The van der Waals surface area contributed by atoms with Gasteiger partial charge in [-0.3, -0.25) is 4.79 Å².